The van der Waals surface area contributed by atoms with E-state index in [0.717, 1.165) is 0 Å². The SMILES string of the molecule is CC(C)n1cnc(S(=O)(=O)NC2CNC2)c1.Cl. The van der Waals surface area contributed by atoms with Gasteiger partial charge in [0, 0.05) is 31.4 Å². The predicted molar refractivity (Wildman–Crippen MR) is 66.8 cm³/mol. The van der Waals surface area contributed by atoms with Gasteiger partial charge in [0.1, 0.15) is 0 Å². The number of hydrogen-bond donors (Lipinski definition) is 2. The Labute approximate surface area is 107 Å². The first-order valence-corrected chi connectivity index (χ1v) is 6.74. The maximum atomic E-state index is 11.9. The van der Waals surface area contributed by atoms with Crippen LogP contribution in [0.15, 0.2) is 17.6 Å². The average Bonchev–Trinajstić information content (AvgIpc) is 2.61. The third kappa shape index (κ3) is 3.19. The minimum Gasteiger partial charge on any atom is -0.334 e. The average molecular weight is 281 g/mol. The molecule has 1 fully saturated rings. The Kier molecular flexibility index (Phi) is 4.54. The molecule has 0 aliphatic carbocycles. The zero-order valence-corrected chi connectivity index (χ0v) is 11.4. The van der Waals surface area contributed by atoms with Crippen molar-refractivity contribution >= 4 is 22.4 Å². The minimum absolute atomic E-state index is 0. The summed E-state index contributed by atoms with van der Waals surface area (Å²) in [5.41, 5.74) is 0. The van der Waals surface area contributed by atoms with Crippen LogP contribution < -0.4 is 10.0 Å². The van der Waals surface area contributed by atoms with Crippen molar-refractivity contribution in [3.05, 3.63) is 12.5 Å². The molecule has 0 unspecified atom stereocenters. The number of hydrogen-bond acceptors (Lipinski definition) is 4. The molecule has 0 spiro atoms. The van der Waals surface area contributed by atoms with Crippen LogP contribution in [0, 0.1) is 0 Å². The molecular formula is C9H17ClN4O2S. The smallest absolute Gasteiger partial charge is 0.259 e. The normalized spacial score (nSPS) is 16.6. The van der Waals surface area contributed by atoms with E-state index in [-0.39, 0.29) is 29.5 Å². The largest absolute Gasteiger partial charge is 0.334 e. The number of nitrogens with zero attached hydrogens (tertiary/aromatic N) is 2. The first-order chi connectivity index (χ1) is 7.49. The quantitative estimate of drug-likeness (QED) is 0.822. The van der Waals surface area contributed by atoms with Crippen molar-refractivity contribution in [3.8, 4) is 0 Å². The van der Waals surface area contributed by atoms with Gasteiger partial charge in [-0.1, -0.05) is 0 Å². The van der Waals surface area contributed by atoms with Crippen LogP contribution in [0.1, 0.15) is 19.9 Å². The highest BCUT2D eigenvalue weighted by Gasteiger charge is 2.26. The van der Waals surface area contributed by atoms with E-state index in [9.17, 15) is 8.42 Å². The first kappa shape index (κ1) is 14.4. The van der Waals surface area contributed by atoms with Gasteiger partial charge in [0.25, 0.3) is 10.0 Å². The zero-order chi connectivity index (χ0) is 11.8. The molecule has 17 heavy (non-hydrogen) atoms. The highest BCUT2D eigenvalue weighted by molar-refractivity contribution is 7.89. The van der Waals surface area contributed by atoms with E-state index in [4.69, 9.17) is 0 Å². The lowest BCUT2D eigenvalue weighted by atomic mass is 10.2. The van der Waals surface area contributed by atoms with E-state index in [1.807, 2.05) is 13.8 Å². The topological polar surface area (TPSA) is 76.0 Å². The van der Waals surface area contributed by atoms with E-state index in [1.165, 1.54) is 6.33 Å². The molecule has 98 valence electrons. The van der Waals surface area contributed by atoms with Gasteiger partial charge in [-0.15, -0.1) is 12.4 Å². The number of sulfonamides is 1. The van der Waals surface area contributed by atoms with Crippen molar-refractivity contribution < 1.29 is 8.42 Å². The van der Waals surface area contributed by atoms with Crippen LogP contribution in [0.4, 0.5) is 0 Å². The highest BCUT2D eigenvalue weighted by Crippen LogP contribution is 2.11. The molecule has 1 aromatic rings. The molecule has 2 heterocycles. The van der Waals surface area contributed by atoms with Gasteiger partial charge in [-0.2, -0.15) is 0 Å². The second kappa shape index (κ2) is 5.34. The van der Waals surface area contributed by atoms with Crippen LogP contribution in [0.5, 0.6) is 0 Å². The van der Waals surface area contributed by atoms with Crippen LogP contribution in [0.2, 0.25) is 0 Å². The maximum Gasteiger partial charge on any atom is 0.259 e. The number of halogens is 1. The van der Waals surface area contributed by atoms with Gasteiger partial charge in [0.05, 0.1) is 6.33 Å². The predicted octanol–water partition coefficient (Wildman–Crippen LogP) is 0.136. The molecule has 0 aromatic carbocycles. The minimum atomic E-state index is -3.45. The molecule has 0 amide bonds. The molecule has 1 aliphatic rings. The molecule has 0 radical (unpaired) electrons. The van der Waals surface area contributed by atoms with E-state index >= 15 is 0 Å². The molecule has 1 saturated heterocycles. The fourth-order valence-electron chi connectivity index (χ4n) is 1.39. The van der Waals surface area contributed by atoms with Crippen molar-refractivity contribution in [1.82, 2.24) is 19.6 Å². The molecular weight excluding hydrogens is 264 g/mol. The summed E-state index contributed by atoms with van der Waals surface area (Å²) < 4.78 is 28.1. The van der Waals surface area contributed by atoms with Crippen LogP contribution in [0.3, 0.4) is 0 Å². The molecule has 0 atom stereocenters. The second-order valence-corrected chi connectivity index (χ2v) is 5.89. The molecule has 1 aromatic heterocycles. The third-order valence-corrected chi connectivity index (χ3v) is 3.96. The summed E-state index contributed by atoms with van der Waals surface area (Å²) in [5.74, 6) is 0. The van der Waals surface area contributed by atoms with Gasteiger partial charge in [0.2, 0.25) is 0 Å². The van der Waals surface area contributed by atoms with E-state index in [0.29, 0.717) is 13.1 Å². The summed E-state index contributed by atoms with van der Waals surface area (Å²) in [6.07, 6.45) is 3.09. The van der Waals surface area contributed by atoms with E-state index in [2.05, 4.69) is 15.0 Å². The van der Waals surface area contributed by atoms with Crippen molar-refractivity contribution in [2.75, 3.05) is 13.1 Å². The van der Waals surface area contributed by atoms with E-state index < -0.39 is 10.0 Å². The molecule has 8 heteroatoms. The summed E-state index contributed by atoms with van der Waals surface area (Å²) in [6, 6.07) is 0.205. The Hall–Kier alpha value is -0.630. The molecule has 6 nitrogen and oxygen atoms in total. The van der Waals surface area contributed by atoms with Gasteiger partial charge >= 0.3 is 0 Å². The van der Waals surface area contributed by atoms with Crippen LogP contribution in [-0.2, 0) is 10.0 Å². The Morgan fingerprint density at radius 3 is 2.59 bits per heavy atom. The Morgan fingerprint density at radius 2 is 2.18 bits per heavy atom. The van der Waals surface area contributed by atoms with Crippen LogP contribution in [0.25, 0.3) is 0 Å². The highest BCUT2D eigenvalue weighted by atomic mass is 35.5. The van der Waals surface area contributed by atoms with Gasteiger partial charge in [-0.25, -0.2) is 18.1 Å². The number of aromatic nitrogens is 2. The Balaban J connectivity index is 0.00000144. The summed E-state index contributed by atoms with van der Waals surface area (Å²) in [7, 11) is -3.45. The van der Waals surface area contributed by atoms with Crippen molar-refractivity contribution in [2.24, 2.45) is 0 Å². The van der Waals surface area contributed by atoms with Gasteiger partial charge in [0.15, 0.2) is 5.03 Å². The summed E-state index contributed by atoms with van der Waals surface area (Å²) >= 11 is 0. The summed E-state index contributed by atoms with van der Waals surface area (Å²) in [6.45, 7) is 5.32. The first-order valence-electron chi connectivity index (χ1n) is 5.25. The number of rotatable bonds is 4. The summed E-state index contributed by atoms with van der Waals surface area (Å²) in [5, 5.41) is 3.10. The standard InChI is InChI=1S/C9H16N4O2S.ClH/c1-7(2)13-5-9(11-6-13)16(14,15)12-8-3-10-4-8;/h5-8,10,12H,3-4H2,1-2H3;1H. The zero-order valence-electron chi connectivity index (χ0n) is 9.75. The lowest BCUT2D eigenvalue weighted by molar-refractivity contribution is 0.410. The van der Waals surface area contributed by atoms with Gasteiger partial charge in [-0.3, -0.25) is 0 Å². The van der Waals surface area contributed by atoms with E-state index in [1.54, 1.807) is 10.8 Å². The van der Waals surface area contributed by atoms with Crippen molar-refractivity contribution in [2.45, 2.75) is 31.0 Å². The van der Waals surface area contributed by atoms with Crippen molar-refractivity contribution in [3.63, 3.8) is 0 Å². The lowest BCUT2D eigenvalue weighted by Gasteiger charge is -2.27. The third-order valence-electron chi connectivity index (χ3n) is 2.55. The Bertz CT molecular complexity index is 467. The lowest BCUT2D eigenvalue weighted by Crippen LogP contribution is -2.56. The maximum absolute atomic E-state index is 11.9. The van der Waals surface area contributed by atoms with Crippen LogP contribution >= 0.6 is 12.4 Å². The van der Waals surface area contributed by atoms with Gasteiger partial charge < -0.3 is 9.88 Å². The van der Waals surface area contributed by atoms with Crippen LogP contribution in [-0.4, -0.2) is 37.1 Å². The number of imidazole rings is 1. The fraction of sp³-hybridized carbons (Fsp3) is 0.667. The fourth-order valence-corrected chi connectivity index (χ4v) is 2.56. The van der Waals surface area contributed by atoms with Crippen molar-refractivity contribution in [1.29, 1.82) is 0 Å². The monoisotopic (exact) mass is 280 g/mol. The second-order valence-electron chi connectivity index (χ2n) is 4.23. The molecule has 0 saturated carbocycles. The Morgan fingerprint density at radius 1 is 1.53 bits per heavy atom. The molecule has 2 N–H and O–H groups in total. The molecule has 0 bridgehead atoms. The summed E-state index contributed by atoms with van der Waals surface area (Å²) in [4.78, 5) is 3.91. The van der Waals surface area contributed by atoms with Gasteiger partial charge in [-0.05, 0) is 13.8 Å². The number of nitrogens with one attached hydrogen (secondary N) is 2. The molecule has 1 aliphatic heterocycles. The molecule has 2 rings (SSSR count).